The van der Waals surface area contributed by atoms with Crippen molar-refractivity contribution in [3.05, 3.63) is 64.7 Å². The molecule has 0 spiro atoms. The number of nitrogens with zero attached hydrogens (tertiary/aromatic N) is 3. The van der Waals surface area contributed by atoms with Crippen molar-refractivity contribution in [2.75, 3.05) is 25.1 Å². The number of ether oxygens (including phenoxy) is 1. The highest BCUT2D eigenvalue weighted by Crippen LogP contribution is 2.31. The molecule has 3 rings (SSSR count). The molecule has 0 aromatic heterocycles. The molecule has 0 unspecified atom stereocenters. The molecule has 2 N–H and O–H groups in total. The summed E-state index contributed by atoms with van der Waals surface area (Å²) in [5.74, 6) is -0.625. The fraction of sp³-hybridized carbons (Fsp3) is 0.407. The average molecular weight is 477 g/mol. The van der Waals surface area contributed by atoms with Crippen LogP contribution in [0.2, 0.25) is 0 Å². The van der Waals surface area contributed by atoms with Crippen molar-refractivity contribution in [1.82, 2.24) is 4.90 Å². The number of amides is 3. The van der Waals surface area contributed by atoms with Crippen molar-refractivity contribution in [3.63, 3.8) is 0 Å². The van der Waals surface area contributed by atoms with Crippen LogP contribution in [0.15, 0.2) is 42.5 Å². The molecular weight excluding hydrogens is 444 g/mol. The van der Waals surface area contributed by atoms with Crippen molar-refractivity contribution in [1.29, 1.82) is 5.26 Å². The molecule has 1 aliphatic heterocycles. The number of nitrogens with two attached hydrogens (primary N) is 1. The monoisotopic (exact) mass is 476 g/mol. The number of primary amides is 1. The van der Waals surface area contributed by atoms with Crippen molar-refractivity contribution < 1.29 is 19.1 Å². The minimum Gasteiger partial charge on any atom is -0.467 e. The van der Waals surface area contributed by atoms with Crippen LogP contribution in [0.25, 0.3) is 0 Å². The first-order valence-electron chi connectivity index (χ1n) is 11.7. The predicted molar refractivity (Wildman–Crippen MR) is 133 cm³/mol. The molecule has 1 saturated heterocycles. The van der Waals surface area contributed by atoms with E-state index < -0.39 is 18.0 Å². The second-order valence-corrected chi connectivity index (χ2v) is 9.22. The third-order valence-corrected chi connectivity index (χ3v) is 6.60. The normalized spacial score (nSPS) is 14.8. The number of urea groups is 1. The van der Waals surface area contributed by atoms with Crippen LogP contribution < -0.4 is 10.6 Å². The molecule has 0 bridgehead atoms. The summed E-state index contributed by atoms with van der Waals surface area (Å²) in [6.07, 6.45) is 1.64. The highest BCUT2D eigenvalue weighted by Gasteiger charge is 2.35. The zero-order chi connectivity index (χ0) is 25.7. The Morgan fingerprint density at radius 2 is 1.74 bits per heavy atom. The molecule has 1 aliphatic rings. The molecule has 8 heteroatoms. The lowest BCUT2D eigenvalue weighted by atomic mass is 9.89. The van der Waals surface area contributed by atoms with E-state index in [1.165, 1.54) is 17.6 Å². The van der Waals surface area contributed by atoms with E-state index in [9.17, 15) is 14.4 Å². The first-order chi connectivity index (χ1) is 16.7. The largest absolute Gasteiger partial charge is 0.467 e. The van der Waals surface area contributed by atoms with Gasteiger partial charge in [0.2, 0.25) is 0 Å². The summed E-state index contributed by atoms with van der Waals surface area (Å²) in [7, 11) is 1.27. The van der Waals surface area contributed by atoms with Gasteiger partial charge in [0.15, 0.2) is 0 Å². The van der Waals surface area contributed by atoms with Crippen LogP contribution in [-0.2, 0) is 9.53 Å². The zero-order valence-corrected chi connectivity index (χ0v) is 20.7. The van der Waals surface area contributed by atoms with E-state index in [0.29, 0.717) is 35.8 Å². The maximum Gasteiger partial charge on any atom is 0.329 e. The van der Waals surface area contributed by atoms with Gasteiger partial charge in [-0.1, -0.05) is 32.0 Å². The summed E-state index contributed by atoms with van der Waals surface area (Å²) in [4.78, 5) is 41.3. The van der Waals surface area contributed by atoms with Crippen molar-refractivity contribution in [2.24, 2.45) is 11.7 Å². The van der Waals surface area contributed by atoms with E-state index >= 15 is 0 Å². The van der Waals surface area contributed by atoms with Crippen LogP contribution >= 0.6 is 0 Å². The van der Waals surface area contributed by atoms with E-state index in [4.69, 9.17) is 15.7 Å². The summed E-state index contributed by atoms with van der Waals surface area (Å²) in [6, 6.07) is 13.2. The third kappa shape index (κ3) is 5.62. The van der Waals surface area contributed by atoms with Crippen LogP contribution in [0.3, 0.4) is 0 Å². The second kappa shape index (κ2) is 11.0. The number of piperidine rings is 1. The molecule has 2 aromatic carbocycles. The molecule has 0 radical (unpaired) electrons. The quantitative estimate of drug-likeness (QED) is 0.633. The third-order valence-electron chi connectivity index (χ3n) is 6.60. The number of carbonyl (C=O) groups excluding carboxylic acids is 3. The molecule has 8 nitrogen and oxygen atoms in total. The SMILES string of the molecule is COC(=O)[C@H](C(C)C)N(C(N)=O)c1cc(C(=O)N2CCC(c3ccc(C#N)cc3)CC2)ccc1C. The number of methoxy groups -OCH3 is 1. The predicted octanol–water partition coefficient (Wildman–Crippen LogP) is 3.97. The van der Waals surface area contributed by atoms with Gasteiger partial charge in [-0.15, -0.1) is 0 Å². The summed E-state index contributed by atoms with van der Waals surface area (Å²) < 4.78 is 4.92. The van der Waals surface area contributed by atoms with Gasteiger partial charge in [-0.05, 0) is 67.0 Å². The number of hydrogen-bond acceptors (Lipinski definition) is 5. The van der Waals surface area contributed by atoms with Gasteiger partial charge < -0.3 is 15.4 Å². The minimum absolute atomic E-state index is 0.131. The average Bonchev–Trinajstić information content (AvgIpc) is 2.86. The molecule has 1 heterocycles. The second-order valence-electron chi connectivity index (χ2n) is 9.22. The van der Waals surface area contributed by atoms with Crippen LogP contribution in [0.1, 0.15) is 59.7 Å². The number of carbonyl (C=O) groups is 3. The maximum absolute atomic E-state index is 13.3. The van der Waals surface area contributed by atoms with Crippen LogP contribution in [0, 0.1) is 24.2 Å². The van der Waals surface area contributed by atoms with Gasteiger partial charge in [-0.25, -0.2) is 9.59 Å². The van der Waals surface area contributed by atoms with Crippen LogP contribution in [0.5, 0.6) is 0 Å². The van der Waals surface area contributed by atoms with E-state index in [2.05, 4.69) is 6.07 Å². The van der Waals surface area contributed by atoms with Gasteiger partial charge >= 0.3 is 12.0 Å². The number of esters is 1. The highest BCUT2D eigenvalue weighted by atomic mass is 16.5. The summed E-state index contributed by atoms with van der Waals surface area (Å²) in [5, 5.41) is 9.00. The Morgan fingerprint density at radius 3 is 2.26 bits per heavy atom. The highest BCUT2D eigenvalue weighted by molar-refractivity contribution is 6.01. The smallest absolute Gasteiger partial charge is 0.329 e. The number of rotatable bonds is 6. The minimum atomic E-state index is -0.912. The molecule has 1 atom stereocenters. The molecular formula is C27H32N4O4. The molecule has 35 heavy (non-hydrogen) atoms. The van der Waals surface area contributed by atoms with E-state index in [1.807, 2.05) is 29.2 Å². The lowest BCUT2D eigenvalue weighted by molar-refractivity contribution is -0.143. The summed E-state index contributed by atoms with van der Waals surface area (Å²) in [5.41, 5.74) is 9.07. The zero-order valence-electron chi connectivity index (χ0n) is 20.7. The molecule has 1 fully saturated rings. The van der Waals surface area contributed by atoms with Gasteiger partial charge in [-0.3, -0.25) is 9.69 Å². The fourth-order valence-corrected chi connectivity index (χ4v) is 4.63. The molecule has 0 saturated carbocycles. The Morgan fingerprint density at radius 1 is 1.11 bits per heavy atom. The lowest BCUT2D eigenvalue weighted by Gasteiger charge is -2.34. The number of anilines is 1. The van der Waals surface area contributed by atoms with Crippen LogP contribution in [0.4, 0.5) is 10.5 Å². The lowest BCUT2D eigenvalue weighted by Crippen LogP contribution is -2.51. The molecule has 3 amide bonds. The van der Waals surface area contributed by atoms with Crippen molar-refractivity contribution in [3.8, 4) is 6.07 Å². The Hall–Kier alpha value is -3.86. The molecule has 184 valence electrons. The number of hydrogen-bond donors (Lipinski definition) is 1. The number of nitriles is 1. The van der Waals surface area contributed by atoms with Gasteiger partial charge in [0, 0.05) is 18.7 Å². The first-order valence-corrected chi connectivity index (χ1v) is 11.7. The fourth-order valence-electron chi connectivity index (χ4n) is 4.63. The Labute approximate surface area is 206 Å². The van der Waals surface area contributed by atoms with E-state index in [1.54, 1.807) is 39.0 Å². The number of benzene rings is 2. The van der Waals surface area contributed by atoms with Gasteiger partial charge in [0.05, 0.1) is 24.4 Å². The van der Waals surface area contributed by atoms with Gasteiger partial charge in [0.1, 0.15) is 6.04 Å². The summed E-state index contributed by atoms with van der Waals surface area (Å²) in [6.45, 7) is 6.61. The van der Waals surface area contributed by atoms with Crippen LogP contribution in [-0.4, -0.2) is 49.0 Å². The standard InChI is InChI=1S/C27H32N4O4/c1-17(2)24(26(33)35-4)31(27(29)34)23-15-22(8-5-18(23)3)25(32)30-13-11-21(12-14-30)20-9-6-19(16-28)7-10-20/h5-10,15,17,21,24H,11-14H2,1-4H3,(H2,29,34)/t24-/m0/s1. The Bertz CT molecular complexity index is 1130. The first kappa shape index (κ1) is 25.8. The number of likely N-dealkylation sites (tertiary alicyclic amines) is 1. The topological polar surface area (TPSA) is 117 Å². The van der Waals surface area contributed by atoms with Gasteiger partial charge in [-0.2, -0.15) is 5.26 Å². The Balaban J connectivity index is 1.81. The Kier molecular flexibility index (Phi) is 8.13. The van der Waals surface area contributed by atoms with Crippen molar-refractivity contribution >= 4 is 23.6 Å². The van der Waals surface area contributed by atoms with E-state index in [-0.39, 0.29) is 11.8 Å². The number of aryl methyl sites for hydroxylation is 1. The molecule has 2 aromatic rings. The molecule has 0 aliphatic carbocycles. The van der Waals surface area contributed by atoms with Crippen molar-refractivity contribution in [2.45, 2.75) is 45.6 Å². The maximum atomic E-state index is 13.3. The van der Waals surface area contributed by atoms with Gasteiger partial charge in [0.25, 0.3) is 5.91 Å². The van der Waals surface area contributed by atoms with E-state index in [0.717, 1.165) is 18.4 Å². The summed E-state index contributed by atoms with van der Waals surface area (Å²) >= 11 is 0.